The predicted octanol–water partition coefficient (Wildman–Crippen LogP) is -1.18. The van der Waals surface area contributed by atoms with Crippen LogP contribution in [0.3, 0.4) is 0 Å². The van der Waals surface area contributed by atoms with Crippen LogP contribution in [0.5, 0.6) is 0 Å². The van der Waals surface area contributed by atoms with Crippen molar-refractivity contribution in [1.82, 2.24) is 0 Å². The van der Waals surface area contributed by atoms with Crippen LogP contribution in [-0.2, 0) is 32.6 Å². The van der Waals surface area contributed by atoms with E-state index in [1.807, 2.05) is 18.2 Å². The Labute approximate surface area is 188 Å². The number of hydrogen-bond acceptors (Lipinski definition) is 0. The van der Waals surface area contributed by atoms with Gasteiger partial charge in [0.1, 0.15) is 0 Å². The van der Waals surface area contributed by atoms with E-state index in [1.165, 1.54) is 27.4 Å². The average Bonchev–Trinajstić information content (AvgIpc) is 3.11. The van der Waals surface area contributed by atoms with Crippen molar-refractivity contribution in [2.24, 2.45) is 0 Å². The summed E-state index contributed by atoms with van der Waals surface area (Å²) < 4.78 is 0. The van der Waals surface area contributed by atoms with Crippen LogP contribution < -0.4 is 30.0 Å². The summed E-state index contributed by atoms with van der Waals surface area (Å²) in [6, 6.07) is 24.2. The summed E-state index contributed by atoms with van der Waals surface area (Å²) in [5.41, 5.74) is 5.51. The second-order valence-electron chi connectivity index (χ2n) is 5.88. The number of hydrogen-bond donors (Lipinski definition) is 0. The molecule has 128 valence electrons. The average molecular weight is 485 g/mol. The summed E-state index contributed by atoms with van der Waals surface area (Å²) in [6.07, 6.45) is 1.05. The molecule has 3 aromatic rings. The van der Waals surface area contributed by atoms with Crippen LogP contribution >= 0.6 is 11.6 Å². The van der Waals surface area contributed by atoms with Gasteiger partial charge < -0.3 is 24.8 Å². The zero-order valence-corrected chi connectivity index (χ0v) is 20.1. The van der Waals surface area contributed by atoms with Crippen LogP contribution in [0.2, 0.25) is 18.1 Å². The van der Waals surface area contributed by atoms with Gasteiger partial charge >= 0.3 is 26.2 Å². The van der Waals surface area contributed by atoms with Crippen molar-refractivity contribution < 1.29 is 51.0 Å². The molecule has 0 aromatic heterocycles. The SMILES string of the molecule is C[SiH](C)[c-]1cccc1Cl.[Cl-].[Cl-].[Zr+4].[c-]1cccc2c1Cc1ccccc1-2. The molecule has 0 spiro atoms. The second-order valence-corrected chi connectivity index (χ2v) is 9.22. The molecule has 0 amide bonds. The van der Waals surface area contributed by atoms with E-state index in [4.69, 9.17) is 11.6 Å². The summed E-state index contributed by atoms with van der Waals surface area (Å²) in [4.78, 5) is 0. The molecule has 0 unspecified atom stereocenters. The molecule has 0 saturated carbocycles. The molecule has 0 saturated heterocycles. The second kappa shape index (κ2) is 11.5. The third kappa shape index (κ3) is 5.88. The molecule has 0 nitrogen and oxygen atoms in total. The van der Waals surface area contributed by atoms with E-state index in [1.54, 1.807) is 0 Å². The van der Waals surface area contributed by atoms with Gasteiger partial charge in [0, 0.05) is 8.80 Å². The fourth-order valence-electron chi connectivity index (χ4n) is 2.88. The summed E-state index contributed by atoms with van der Waals surface area (Å²) in [7, 11) is -0.651. The predicted molar refractivity (Wildman–Crippen MR) is 99.1 cm³/mol. The van der Waals surface area contributed by atoms with Crippen molar-refractivity contribution in [3.8, 4) is 11.1 Å². The van der Waals surface area contributed by atoms with E-state index in [2.05, 4.69) is 61.6 Å². The van der Waals surface area contributed by atoms with E-state index in [9.17, 15) is 0 Å². The molecule has 0 aliphatic heterocycles. The Kier molecular flexibility index (Phi) is 11.4. The molecule has 3 aromatic carbocycles. The van der Waals surface area contributed by atoms with E-state index >= 15 is 0 Å². The van der Waals surface area contributed by atoms with Gasteiger partial charge in [-0.1, -0.05) is 53.5 Å². The van der Waals surface area contributed by atoms with Gasteiger partial charge in [0.05, 0.1) is 0 Å². The Morgan fingerprint density at radius 2 is 1.64 bits per heavy atom. The normalized spacial score (nSPS) is 10.2. The molecule has 0 bridgehead atoms. The van der Waals surface area contributed by atoms with E-state index in [0.717, 1.165) is 11.4 Å². The van der Waals surface area contributed by atoms with E-state index < -0.39 is 8.80 Å². The first-order chi connectivity index (χ1) is 10.7. The Balaban J connectivity index is 0.000000435. The van der Waals surface area contributed by atoms with Crippen LogP contribution in [0, 0.1) is 6.07 Å². The first-order valence-electron chi connectivity index (χ1n) is 7.65. The van der Waals surface area contributed by atoms with Crippen LogP contribution in [-0.4, -0.2) is 8.80 Å². The van der Waals surface area contributed by atoms with Crippen LogP contribution in [0.1, 0.15) is 11.1 Å². The molecule has 1 aliphatic rings. The maximum Gasteiger partial charge on any atom is 4.00 e. The van der Waals surface area contributed by atoms with Crippen LogP contribution in [0.4, 0.5) is 0 Å². The maximum absolute atomic E-state index is 5.87. The third-order valence-corrected chi connectivity index (χ3v) is 6.31. The Morgan fingerprint density at radius 3 is 2.24 bits per heavy atom. The van der Waals surface area contributed by atoms with Crippen LogP contribution in [0.15, 0.2) is 60.7 Å². The molecule has 0 atom stereocenters. The van der Waals surface area contributed by atoms with Gasteiger partial charge in [-0.05, 0) is 6.42 Å². The van der Waals surface area contributed by atoms with Gasteiger partial charge in [-0.3, -0.25) is 0 Å². The molecule has 4 rings (SSSR count). The molecule has 0 N–H and O–H groups in total. The molecule has 0 heterocycles. The molecule has 0 fully saturated rings. The standard InChI is InChI=1S/C13H9.C7H10ClSi.2ClH.Zr/c1-3-7-12-10(5-1)9-11-6-2-4-8-13(11)12;1-9(2)7-5-3-4-6(7)8;;;/h1-5,7-8H,9H2;3-5,9H,1-2H3;2*1H;/q2*-1;;;+4/p-2. The zero-order valence-electron chi connectivity index (χ0n) is 14.2. The minimum atomic E-state index is -0.651. The monoisotopic (exact) mass is 482 g/mol. The van der Waals surface area contributed by atoms with Crippen LogP contribution in [0.25, 0.3) is 11.1 Å². The number of benzene rings is 2. The zero-order chi connectivity index (χ0) is 15.5. The summed E-state index contributed by atoms with van der Waals surface area (Å²) in [6.45, 7) is 4.56. The smallest absolute Gasteiger partial charge is 1.00 e. The quantitative estimate of drug-likeness (QED) is 0.236. The topological polar surface area (TPSA) is 0 Å². The molecular weight excluding hydrogens is 466 g/mol. The van der Waals surface area contributed by atoms with Gasteiger partial charge in [0.2, 0.25) is 0 Å². The van der Waals surface area contributed by atoms with Crippen molar-refractivity contribution >= 4 is 25.6 Å². The minimum Gasteiger partial charge on any atom is -1.00 e. The molecule has 1 aliphatic carbocycles. The van der Waals surface area contributed by atoms with E-state index in [0.29, 0.717) is 0 Å². The minimum absolute atomic E-state index is 0. The Hall–Kier alpha value is -0.240. The first kappa shape index (κ1) is 24.8. The van der Waals surface area contributed by atoms with Crippen molar-refractivity contribution in [3.05, 3.63) is 82.9 Å². The van der Waals surface area contributed by atoms with Gasteiger partial charge in [-0.25, -0.2) is 6.07 Å². The largest absolute Gasteiger partial charge is 4.00 e. The fourth-order valence-corrected chi connectivity index (χ4v) is 4.81. The van der Waals surface area contributed by atoms with Gasteiger partial charge in [0.25, 0.3) is 0 Å². The molecule has 0 radical (unpaired) electrons. The third-order valence-electron chi connectivity index (χ3n) is 4.03. The summed E-state index contributed by atoms with van der Waals surface area (Å²) in [5, 5.41) is 2.34. The Morgan fingerprint density at radius 1 is 0.960 bits per heavy atom. The van der Waals surface area contributed by atoms with Gasteiger partial charge in [0.15, 0.2) is 0 Å². The fraction of sp³-hybridized carbons (Fsp3) is 0.150. The van der Waals surface area contributed by atoms with Gasteiger partial charge in [-0.2, -0.15) is 42.0 Å². The Bertz CT molecular complexity index is 740. The molecule has 25 heavy (non-hydrogen) atoms. The first-order valence-corrected chi connectivity index (χ1v) is 10.9. The number of rotatable bonds is 1. The number of fused-ring (bicyclic) bond motifs is 3. The number of halogens is 3. The maximum atomic E-state index is 5.87. The van der Waals surface area contributed by atoms with Gasteiger partial charge in [-0.15, -0.1) is 22.4 Å². The van der Waals surface area contributed by atoms with E-state index in [-0.39, 0.29) is 51.0 Å². The molecule has 5 heteroatoms. The van der Waals surface area contributed by atoms with Crippen molar-refractivity contribution in [2.75, 3.05) is 0 Å². The van der Waals surface area contributed by atoms with Crippen molar-refractivity contribution in [2.45, 2.75) is 19.5 Å². The van der Waals surface area contributed by atoms with Crippen molar-refractivity contribution in [3.63, 3.8) is 0 Å². The van der Waals surface area contributed by atoms with Crippen molar-refractivity contribution in [1.29, 1.82) is 0 Å². The molecular formula is C20H19Cl3SiZr. The summed E-state index contributed by atoms with van der Waals surface area (Å²) >= 11 is 5.87. The summed E-state index contributed by atoms with van der Waals surface area (Å²) in [5.74, 6) is 0.